The lowest BCUT2D eigenvalue weighted by Crippen LogP contribution is -1.96. The molecule has 0 fully saturated rings. The maximum Gasteiger partial charge on any atom is 0.292 e. The number of rotatable bonds is 5. The number of hydrogen-bond acceptors (Lipinski definition) is 5. The number of thiophene rings is 1. The van der Waals surface area contributed by atoms with Crippen molar-refractivity contribution in [1.29, 1.82) is 5.26 Å². The van der Waals surface area contributed by atoms with Gasteiger partial charge < -0.3 is 5.32 Å². The van der Waals surface area contributed by atoms with Gasteiger partial charge in [0, 0.05) is 10.9 Å². The molecule has 0 aliphatic heterocycles. The zero-order valence-electron chi connectivity index (χ0n) is 10.9. The number of aryl methyl sites for hydroxylation is 1. The Hall–Kier alpha value is -2.39. The monoisotopic (exact) mass is 287 g/mol. The highest BCUT2D eigenvalue weighted by Crippen LogP contribution is 2.34. The fraction of sp³-hybridized carbons (Fsp3) is 0.214. The molecule has 102 valence electrons. The number of para-hydroxylation sites is 2. The first-order valence-corrected chi connectivity index (χ1v) is 7.00. The van der Waals surface area contributed by atoms with Crippen molar-refractivity contribution >= 4 is 27.7 Å². The van der Waals surface area contributed by atoms with Crippen LogP contribution in [0.4, 0.5) is 16.4 Å². The number of nitriles is 1. The van der Waals surface area contributed by atoms with Crippen LogP contribution in [0.2, 0.25) is 0 Å². The maximum atomic E-state index is 11.0. The molecular formula is C14H13N3O2S. The predicted molar refractivity (Wildman–Crippen MR) is 79.4 cm³/mol. The average molecular weight is 287 g/mol. The number of nitro benzene ring substituents is 1. The van der Waals surface area contributed by atoms with Gasteiger partial charge in [-0.1, -0.05) is 25.5 Å². The molecule has 0 saturated heterocycles. The van der Waals surface area contributed by atoms with Gasteiger partial charge >= 0.3 is 0 Å². The first-order chi connectivity index (χ1) is 9.65. The molecule has 0 bridgehead atoms. The maximum absolute atomic E-state index is 11.0. The van der Waals surface area contributed by atoms with Crippen LogP contribution in [0.3, 0.4) is 0 Å². The normalized spacial score (nSPS) is 10.0. The van der Waals surface area contributed by atoms with Crippen LogP contribution >= 0.6 is 11.3 Å². The third kappa shape index (κ3) is 2.95. The molecule has 0 spiro atoms. The summed E-state index contributed by atoms with van der Waals surface area (Å²) in [5, 5.41) is 23.8. The lowest BCUT2D eigenvalue weighted by molar-refractivity contribution is -0.383. The second kappa shape index (κ2) is 6.17. The van der Waals surface area contributed by atoms with E-state index in [0.29, 0.717) is 16.3 Å². The summed E-state index contributed by atoms with van der Waals surface area (Å²) >= 11 is 1.47. The van der Waals surface area contributed by atoms with Crippen LogP contribution in [0.5, 0.6) is 0 Å². The molecule has 5 nitrogen and oxygen atoms in total. The van der Waals surface area contributed by atoms with Gasteiger partial charge in [-0.3, -0.25) is 10.1 Å². The minimum atomic E-state index is -0.436. The van der Waals surface area contributed by atoms with Crippen LogP contribution in [-0.4, -0.2) is 4.92 Å². The standard InChI is InChI=1S/C14H13N3O2S/c1-2-5-11-8-10(9-15)14(20-11)16-12-6-3-4-7-13(12)17(18)19/h3-4,6-8,16H,2,5H2,1H3. The van der Waals surface area contributed by atoms with E-state index in [2.05, 4.69) is 18.3 Å². The van der Waals surface area contributed by atoms with E-state index in [4.69, 9.17) is 5.26 Å². The van der Waals surface area contributed by atoms with Gasteiger partial charge in [0.15, 0.2) is 0 Å². The van der Waals surface area contributed by atoms with Gasteiger partial charge in [0.1, 0.15) is 16.8 Å². The number of hydrogen-bond donors (Lipinski definition) is 1. The van der Waals surface area contributed by atoms with E-state index in [0.717, 1.165) is 17.7 Å². The van der Waals surface area contributed by atoms with Gasteiger partial charge in [0.05, 0.1) is 10.5 Å². The minimum Gasteiger partial charge on any atom is -0.341 e. The number of nitrogens with zero attached hydrogens (tertiary/aromatic N) is 2. The van der Waals surface area contributed by atoms with Crippen molar-refractivity contribution in [1.82, 2.24) is 0 Å². The van der Waals surface area contributed by atoms with Crippen molar-refractivity contribution < 1.29 is 4.92 Å². The molecule has 20 heavy (non-hydrogen) atoms. The van der Waals surface area contributed by atoms with E-state index in [-0.39, 0.29) is 5.69 Å². The Kier molecular flexibility index (Phi) is 4.33. The van der Waals surface area contributed by atoms with Crippen LogP contribution in [0, 0.1) is 21.4 Å². The Labute approximate surface area is 120 Å². The molecule has 6 heteroatoms. The molecule has 0 unspecified atom stereocenters. The summed E-state index contributed by atoms with van der Waals surface area (Å²) in [5.74, 6) is 0. The Bertz CT molecular complexity index is 673. The van der Waals surface area contributed by atoms with E-state index >= 15 is 0 Å². The van der Waals surface area contributed by atoms with Crippen LogP contribution < -0.4 is 5.32 Å². The zero-order chi connectivity index (χ0) is 14.5. The molecule has 0 amide bonds. The quantitative estimate of drug-likeness (QED) is 0.659. The number of benzene rings is 1. The first kappa shape index (κ1) is 14.0. The minimum absolute atomic E-state index is 0.00170. The predicted octanol–water partition coefficient (Wildman–Crippen LogP) is 4.22. The van der Waals surface area contributed by atoms with Gasteiger partial charge in [0.2, 0.25) is 0 Å². The highest BCUT2D eigenvalue weighted by atomic mass is 32.1. The summed E-state index contributed by atoms with van der Waals surface area (Å²) in [4.78, 5) is 11.6. The number of anilines is 2. The van der Waals surface area contributed by atoms with Crippen LogP contribution in [0.25, 0.3) is 0 Å². The second-order valence-corrected chi connectivity index (χ2v) is 5.35. The summed E-state index contributed by atoms with van der Waals surface area (Å²) < 4.78 is 0. The molecule has 1 heterocycles. The highest BCUT2D eigenvalue weighted by molar-refractivity contribution is 7.16. The van der Waals surface area contributed by atoms with Crippen molar-refractivity contribution in [3.63, 3.8) is 0 Å². The SMILES string of the molecule is CCCc1cc(C#N)c(Nc2ccccc2[N+](=O)[O-])s1. The Morgan fingerprint density at radius 2 is 2.20 bits per heavy atom. The van der Waals surface area contributed by atoms with Gasteiger partial charge in [-0.2, -0.15) is 5.26 Å². The van der Waals surface area contributed by atoms with E-state index in [1.165, 1.54) is 17.4 Å². The van der Waals surface area contributed by atoms with Crippen LogP contribution in [0.15, 0.2) is 30.3 Å². The Morgan fingerprint density at radius 1 is 1.45 bits per heavy atom. The molecule has 1 N–H and O–H groups in total. The number of nitrogens with one attached hydrogen (secondary N) is 1. The summed E-state index contributed by atoms with van der Waals surface area (Å²) in [6.45, 7) is 2.07. The highest BCUT2D eigenvalue weighted by Gasteiger charge is 2.15. The van der Waals surface area contributed by atoms with Gasteiger partial charge in [-0.05, 0) is 18.6 Å². The molecule has 0 radical (unpaired) electrons. The van der Waals surface area contributed by atoms with E-state index < -0.39 is 4.92 Å². The van der Waals surface area contributed by atoms with E-state index in [1.54, 1.807) is 18.2 Å². The largest absolute Gasteiger partial charge is 0.341 e. The molecule has 2 aromatic rings. The first-order valence-electron chi connectivity index (χ1n) is 6.19. The van der Waals surface area contributed by atoms with Crippen molar-refractivity contribution in [3.05, 3.63) is 50.9 Å². The van der Waals surface area contributed by atoms with E-state index in [9.17, 15) is 10.1 Å². The van der Waals surface area contributed by atoms with Gasteiger partial charge in [0.25, 0.3) is 5.69 Å². The lowest BCUT2D eigenvalue weighted by atomic mass is 10.2. The Balaban J connectivity index is 2.35. The van der Waals surface area contributed by atoms with Crippen molar-refractivity contribution in [2.24, 2.45) is 0 Å². The number of nitro groups is 1. The molecule has 2 rings (SSSR count). The summed E-state index contributed by atoms with van der Waals surface area (Å²) in [6, 6.07) is 10.4. The van der Waals surface area contributed by atoms with Crippen molar-refractivity contribution in [2.75, 3.05) is 5.32 Å². The molecular weight excluding hydrogens is 274 g/mol. The molecule has 1 aromatic carbocycles. The molecule has 0 aliphatic rings. The summed E-state index contributed by atoms with van der Waals surface area (Å²) in [5.41, 5.74) is 0.928. The average Bonchev–Trinajstić information content (AvgIpc) is 2.81. The third-order valence-electron chi connectivity index (χ3n) is 2.75. The summed E-state index contributed by atoms with van der Waals surface area (Å²) in [7, 11) is 0. The molecule has 1 aromatic heterocycles. The fourth-order valence-electron chi connectivity index (χ4n) is 1.85. The van der Waals surface area contributed by atoms with Crippen molar-refractivity contribution in [3.8, 4) is 6.07 Å². The Morgan fingerprint density at radius 3 is 2.85 bits per heavy atom. The molecule has 0 aliphatic carbocycles. The van der Waals surface area contributed by atoms with E-state index in [1.807, 2.05) is 6.07 Å². The fourth-order valence-corrected chi connectivity index (χ4v) is 2.97. The lowest BCUT2D eigenvalue weighted by Gasteiger charge is -2.04. The van der Waals surface area contributed by atoms with Crippen molar-refractivity contribution in [2.45, 2.75) is 19.8 Å². The third-order valence-corrected chi connectivity index (χ3v) is 3.86. The smallest absolute Gasteiger partial charge is 0.292 e. The zero-order valence-corrected chi connectivity index (χ0v) is 11.7. The van der Waals surface area contributed by atoms with Crippen LogP contribution in [-0.2, 0) is 6.42 Å². The second-order valence-electron chi connectivity index (χ2n) is 4.22. The van der Waals surface area contributed by atoms with Gasteiger partial charge in [-0.15, -0.1) is 11.3 Å². The van der Waals surface area contributed by atoms with Gasteiger partial charge in [-0.25, -0.2) is 0 Å². The molecule has 0 saturated carbocycles. The topological polar surface area (TPSA) is 79.0 Å². The molecule has 0 atom stereocenters. The summed E-state index contributed by atoms with van der Waals surface area (Å²) in [6.07, 6.45) is 1.90. The van der Waals surface area contributed by atoms with Crippen LogP contribution in [0.1, 0.15) is 23.8 Å².